The number of nitrogens with zero attached hydrogens (tertiary/aromatic N) is 4. The van der Waals surface area contributed by atoms with Crippen molar-refractivity contribution in [2.45, 2.75) is 13.5 Å². The Morgan fingerprint density at radius 3 is 2.90 bits per heavy atom. The molecule has 2 aromatic heterocycles. The Morgan fingerprint density at radius 2 is 2.19 bits per heavy atom. The maximum Gasteiger partial charge on any atom is 0.490 e. The Hall–Kier alpha value is -3.03. The number of aromatic nitrogens is 3. The molecule has 0 N–H and O–H groups in total. The molecule has 0 atom stereocenters. The summed E-state index contributed by atoms with van der Waals surface area (Å²) in [7, 11) is 0. The van der Waals surface area contributed by atoms with Crippen molar-refractivity contribution in [3.8, 4) is 0 Å². The van der Waals surface area contributed by atoms with Crippen molar-refractivity contribution in [1.82, 2.24) is 14.8 Å². The van der Waals surface area contributed by atoms with Gasteiger partial charge >= 0.3 is 11.6 Å². The van der Waals surface area contributed by atoms with E-state index in [2.05, 4.69) is 10.1 Å². The average Bonchev–Trinajstić information content (AvgIpc) is 2.86. The second-order valence-electron chi connectivity index (χ2n) is 4.59. The van der Waals surface area contributed by atoms with Crippen molar-refractivity contribution in [3.63, 3.8) is 0 Å². The lowest BCUT2D eigenvalue weighted by Crippen LogP contribution is -2.06. The van der Waals surface area contributed by atoms with Gasteiger partial charge in [-0.25, -0.2) is 4.79 Å². The standard InChI is InChI=1S/C13H10N4O4/c1-8-2-3-10-9(5-12(18)21-11(10)4-8)6-16-7-14-13(15-16)17(19)20/h2-5,7H,6H2,1H3. The van der Waals surface area contributed by atoms with Gasteiger partial charge in [-0.1, -0.05) is 17.1 Å². The summed E-state index contributed by atoms with van der Waals surface area (Å²) in [6, 6.07) is 6.86. The Balaban J connectivity index is 2.07. The molecule has 3 rings (SSSR count). The number of nitro groups is 1. The van der Waals surface area contributed by atoms with Gasteiger partial charge in [0.25, 0.3) is 0 Å². The van der Waals surface area contributed by atoms with E-state index in [4.69, 9.17) is 4.42 Å². The average molecular weight is 286 g/mol. The number of hydrogen-bond acceptors (Lipinski definition) is 6. The zero-order valence-electron chi connectivity index (χ0n) is 11.0. The molecule has 0 saturated carbocycles. The van der Waals surface area contributed by atoms with Crippen molar-refractivity contribution in [2.24, 2.45) is 0 Å². The number of hydrogen-bond donors (Lipinski definition) is 0. The molecule has 0 spiro atoms. The third-order valence-electron chi connectivity index (χ3n) is 3.01. The number of fused-ring (bicyclic) bond motifs is 1. The van der Waals surface area contributed by atoms with Crippen LogP contribution in [0.15, 0.2) is 39.8 Å². The fourth-order valence-corrected chi connectivity index (χ4v) is 2.09. The van der Waals surface area contributed by atoms with E-state index in [9.17, 15) is 14.9 Å². The topological polar surface area (TPSA) is 104 Å². The van der Waals surface area contributed by atoms with E-state index in [1.807, 2.05) is 19.1 Å². The quantitative estimate of drug-likeness (QED) is 0.412. The zero-order chi connectivity index (χ0) is 15.0. The van der Waals surface area contributed by atoms with Gasteiger partial charge in [-0.15, -0.1) is 0 Å². The van der Waals surface area contributed by atoms with E-state index in [1.165, 1.54) is 17.1 Å². The first-order valence-corrected chi connectivity index (χ1v) is 6.10. The summed E-state index contributed by atoms with van der Waals surface area (Å²) >= 11 is 0. The van der Waals surface area contributed by atoms with Crippen LogP contribution in [-0.2, 0) is 6.54 Å². The highest BCUT2D eigenvalue weighted by Crippen LogP contribution is 2.19. The van der Waals surface area contributed by atoms with Gasteiger partial charge in [-0.2, -0.15) is 4.68 Å². The smallest absolute Gasteiger partial charge is 0.423 e. The Kier molecular flexibility index (Phi) is 2.98. The third kappa shape index (κ3) is 2.50. The molecule has 0 bridgehead atoms. The van der Waals surface area contributed by atoms with Gasteiger partial charge in [0.2, 0.25) is 6.33 Å². The molecule has 8 heteroatoms. The lowest BCUT2D eigenvalue weighted by atomic mass is 10.1. The van der Waals surface area contributed by atoms with Gasteiger partial charge in [0.1, 0.15) is 5.58 Å². The van der Waals surface area contributed by atoms with Crippen LogP contribution in [0.4, 0.5) is 5.95 Å². The molecule has 2 heterocycles. The maximum absolute atomic E-state index is 11.6. The highest BCUT2D eigenvalue weighted by Gasteiger charge is 2.15. The van der Waals surface area contributed by atoms with E-state index < -0.39 is 16.5 Å². The summed E-state index contributed by atoms with van der Waals surface area (Å²) in [5, 5.41) is 15.1. The lowest BCUT2D eigenvalue weighted by Gasteiger charge is -2.04. The largest absolute Gasteiger partial charge is 0.490 e. The van der Waals surface area contributed by atoms with Crippen LogP contribution in [-0.4, -0.2) is 19.7 Å². The summed E-state index contributed by atoms with van der Waals surface area (Å²) in [5.74, 6) is -0.474. The second kappa shape index (κ2) is 4.82. The van der Waals surface area contributed by atoms with Crippen LogP contribution in [0.1, 0.15) is 11.1 Å². The highest BCUT2D eigenvalue weighted by molar-refractivity contribution is 5.80. The SMILES string of the molecule is Cc1ccc2c(Cn3cnc([N+](=O)[O-])n3)cc(=O)oc2c1. The van der Waals surface area contributed by atoms with Crippen LogP contribution in [0, 0.1) is 17.0 Å². The van der Waals surface area contributed by atoms with Crippen molar-refractivity contribution in [2.75, 3.05) is 0 Å². The van der Waals surface area contributed by atoms with Crippen molar-refractivity contribution >= 4 is 16.9 Å². The molecular weight excluding hydrogens is 276 g/mol. The molecule has 0 unspecified atom stereocenters. The lowest BCUT2D eigenvalue weighted by molar-refractivity contribution is -0.394. The molecule has 21 heavy (non-hydrogen) atoms. The fourth-order valence-electron chi connectivity index (χ4n) is 2.09. The summed E-state index contributed by atoms with van der Waals surface area (Å²) in [4.78, 5) is 25.1. The molecule has 3 aromatic rings. The van der Waals surface area contributed by atoms with Gasteiger partial charge in [0.05, 0.1) is 6.54 Å². The van der Waals surface area contributed by atoms with Gasteiger partial charge in [-0.3, -0.25) is 0 Å². The summed E-state index contributed by atoms with van der Waals surface area (Å²) in [5.41, 5.74) is 1.64. The van der Waals surface area contributed by atoms with Crippen molar-refractivity contribution in [3.05, 3.63) is 62.3 Å². The minimum atomic E-state index is -0.669. The van der Waals surface area contributed by atoms with E-state index in [0.717, 1.165) is 10.9 Å². The number of rotatable bonds is 3. The van der Waals surface area contributed by atoms with Crippen LogP contribution in [0.25, 0.3) is 11.0 Å². The van der Waals surface area contributed by atoms with Crippen LogP contribution < -0.4 is 5.63 Å². The molecule has 8 nitrogen and oxygen atoms in total. The predicted molar refractivity (Wildman–Crippen MR) is 73.0 cm³/mol. The molecule has 0 radical (unpaired) electrons. The number of benzene rings is 1. The van der Waals surface area contributed by atoms with Crippen LogP contribution in [0.3, 0.4) is 0 Å². The molecule has 0 fully saturated rings. The van der Waals surface area contributed by atoms with Gasteiger partial charge in [0.15, 0.2) is 0 Å². The van der Waals surface area contributed by atoms with E-state index in [1.54, 1.807) is 6.07 Å². The molecule has 106 valence electrons. The minimum absolute atomic E-state index is 0.200. The van der Waals surface area contributed by atoms with E-state index in [0.29, 0.717) is 11.1 Å². The summed E-state index contributed by atoms with van der Waals surface area (Å²) in [6.45, 7) is 2.10. The van der Waals surface area contributed by atoms with E-state index in [-0.39, 0.29) is 6.54 Å². The maximum atomic E-state index is 11.6. The predicted octanol–water partition coefficient (Wildman–Crippen LogP) is 1.65. The molecule has 0 amide bonds. The van der Waals surface area contributed by atoms with Gasteiger partial charge in [-0.05, 0) is 29.0 Å². The van der Waals surface area contributed by atoms with Gasteiger partial charge in [0, 0.05) is 16.6 Å². The minimum Gasteiger partial charge on any atom is -0.423 e. The third-order valence-corrected chi connectivity index (χ3v) is 3.01. The fraction of sp³-hybridized carbons (Fsp3) is 0.154. The Morgan fingerprint density at radius 1 is 1.38 bits per heavy atom. The number of aryl methyl sites for hydroxylation is 1. The molecular formula is C13H10N4O4. The molecule has 0 aliphatic rings. The molecule has 0 aliphatic carbocycles. The van der Waals surface area contributed by atoms with Crippen molar-refractivity contribution in [1.29, 1.82) is 0 Å². The van der Waals surface area contributed by atoms with Crippen LogP contribution >= 0.6 is 0 Å². The second-order valence-corrected chi connectivity index (χ2v) is 4.59. The van der Waals surface area contributed by atoms with Gasteiger partial charge < -0.3 is 14.5 Å². The van der Waals surface area contributed by atoms with Crippen LogP contribution in [0.5, 0.6) is 0 Å². The van der Waals surface area contributed by atoms with Crippen molar-refractivity contribution < 1.29 is 9.34 Å². The summed E-state index contributed by atoms with van der Waals surface area (Å²) in [6.07, 6.45) is 1.26. The Bertz CT molecular complexity index is 897. The Labute approximate surface area is 117 Å². The first-order valence-electron chi connectivity index (χ1n) is 6.10. The normalized spacial score (nSPS) is 10.9. The van der Waals surface area contributed by atoms with Crippen LogP contribution in [0.2, 0.25) is 0 Å². The molecule has 1 aromatic carbocycles. The first kappa shape index (κ1) is 13.0. The van der Waals surface area contributed by atoms with E-state index >= 15 is 0 Å². The first-order chi connectivity index (χ1) is 10.0. The summed E-state index contributed by atoms with van der Waals surface area (Å²) < 4.78 is 6.47. The highest BCUT2D eigenvalue weighted by atomic mass is 16.6. The molecule has 0 aliphatic heterocycles. The monoisotopic (exact) mass is 286 g/mol. The zero-order valence-corrected chi connectivity index (χ0v) is 11.0. The molecule has 0 saturated heterocycles.